The van der Waals surface area contributed by atoms with Gasteiger partial charge in [-0.05, 0) is 5.56 Å². The fraction of sp³-hybridized carbons (Fsp3) is 0.533. The molecular weight excluding hydrogens is 297 g/mol. The van der Waals surface area contributed by atoms with Crippen molar-refractivity contribution in [3.8, 4) is 0 Å². The van der Waals surface area contributed by atoms with Gasteiger partial charge < -0.3 is 15.4 Å². The minimum absolute atomic E-state index is 0.100. The zero-order valence-electron chi connectivity index (χ0n) is 12.5. The van der Waals surface area contributed by atoms with Gasteiger partial charge in [0.2, 0.25) is 5.91 Å². The first-order chi connectivity index (χ1) is 10.4. The maximum absolute atomic E-state index is 13.1. The number of hydrogen-bond acceptors (Lipinski definition) is 3. The highest BCUT2D eigenvalue weighted by Crippen LogP contribution is 2.37. The van der Waals surface area contributed by atoms with Crippen molar-refractivity contribution in [3.05, 3.63) is 35.9 Å². The van der Waals surface area contributed by atoms with Gasteiger partial charge in [0.15, 0.2) is 0 Å². The monoisotopic (exact) mass is 318 g/mol. The highest BCUT2D eigenvalue weighted by Gasteiger charge is 2.41. The van der Waals surface area contributed by atoms with Crippen molar-refractivity contribution in [2.45, 2.75) is 18.5 Å². The summed E-state index contributed by atoms with van der Waals surface area (Å²) in [6.07, 6.45) is -5.05. The van der Waals surface area contributed by atoms with E-state index in [2.05, 4.69) is 10.6 Å². The van der Waals surface area contributed by atoms with Crippen LogP contribution in [0.1, 0.15) is 17.9 Å². The van der Waals surface area contributed by atoms with E-state index in [1.165, 1.54) is 24.3 Å². The van der Waals surface area contributed by atoms with Gasteiger partial charge in [-0.25, -0.2) is 0 Å². The van der Waals surface area contributed by atoms with E-state index in [9.17, 15) is 18.0 Å². The number of rotatable bonds is 9. The van der Waals surface area contributed by atoms with Crippen LogP contribution >= 0.6 is 0 Å². The van der Waals surface area contributed by atoms with Crippen molar-refractivity contribution in [3.63, 3.8) is 0 Å². The molecule has 1 amide bonds. The summed E-state index contributed by atoms with van der Waals surface area (Å²) in [5, 5.41) is 5.48. The fourth-order valence-corrected chi connectivity index (χ4v) is 1.96. The lowest BCUT2D eigenvalue weighted by Crippen LogP contribution is -2.35. The third kappa shape index (κ3) is 6.91. The van der Waals surface area contributed by atoms with E-state index in [4.69, 9.17) is 4.74 Å². The van der Waals surface area contributed by atoms with E-state index in [1.54, 1.807) is 13.2 Å². The fourth-order valence-electron chi connectivity index (χ4n) is 1.96. The molecule has 0 heterocycles. The van der Waals surface area contributed by atoms with Crippen molar-refractivity contribution in [2.75, 3.05) is 33.4 Å². The molecule has 0 aliphatic rings. The van der Waals surface area contributed by atoms with Gasteiger partial charge in [-0.15, -0.1) is 0 Å². The molecule has 0 saturated heterocycles. The van der Waals surface area contributed by atoms with Gasteiger partial charge in [-0.2, -0.15) is 13.2 Å². The van der Waals surface area contributed by atoms with Crippen LogP contribution in [0.2, 0.25) is 0 Å². The number of alkyl halides is 3. The Bertz CT molecular complexity index is 438. The maximum atomic E-state index is 13.1. The van der Waals surface area contributed by atoms with Gasteiger partial charge in [0.1, 0.15) is 0 Å². The highest BCUT2D eigenvalue weighted by atomic mass is 19.4. The number of halogens is 3. The van der Waals surface area contributed by atoms with Crippen molar-refractivity contribution >= 4 is 5.91 Å². The second-order valence-corrected chi connectivity index (χ2v) is 4.80. The van der Waals surface area contributed by atoms with Gasteiger partial charge in [0.25, 0.3) is 0 Å². The molecule has 2 N–H and O–H groups in total. The number of methoxy groups -OCH3 is 1. The Morgan fingerprint density at radius 3 is 2.45 bits per heavy atom. The minimum atomic E-state index is -4.45. The number of amides is 1. The van der Waals surface area contributed by atoms with E-state index in [0.29, 0.717) is 19.7 Å². The van der Waals surface area contributed by atoms with Crippen LogP contribution in [0.25, 0.3) is 0 Å². The van der Waals surface area contributed by atoms with Gasteiger partial charge in [0.05, 0.1) is 12.5 Å². The van der Waals surface area contributed by atoms with Crippen LogP contribution in [0.3, 0.4) is 0 Å². The van der Waals surface area contributed by atoms with E-state index >= 15 is 0 Å². The highest BCUT2D eigenvalue weighted by molar-refractivity contribution is 5.77. The number of hydrogen-bond donors (Lipinski definition) is 2. The minimum Gasteiger partial charge on any atom is -0.383 e. The van der Waals surface area contributed by atoms with Gasteiger partial charge >= 0.3 is 6.18 Å². The van der Waals surface area contributed by atoms with Crippen LogP contribution in [0.5, 0.6) is 0 Å². The summed E-state index contributed by atoms with van der Waals surface area (Å²) >= 11 is 0. The second kappa shape index (κ2) is 9.42. The van der Waals surface area contributed by atoms with E-state index in [0.717, 1.165) is 0 Å². The van der Waals surface area contributed by atoms with Crippen molar-refractivity contribution in [2.24, 2.45) is 0 Å². The van der Waals surface area contributed by atoms with Gasteiger partial charge in [0, 0.05) is 33.2 Å². The quantitative estimate of drug-likeness (QED) is 0.686. The normalized spacial score (nSPS) is 12.9. The molecule has 1 aromatic carbocycles. The Morgan fingerprint density at radius 1 is 1.18 bits per heavy atom. The van der Waals surface area contributed by atoms with Crippen molar-refractivity contribution < 1.29 is 22.7 Å². The first-order valence-electron chi connectivity index (χ1n) is 7.03. The predicted octanol–water partition coefficient (Wildman–Crippen LogP) is 2.07. The lowest BCUT2D eigenvalue weighted by molar-refractivity contribution is -0.157. The molecule has 0 aromatic heterocycles. The van der Waals surface area contributed by atoms with Crippen molar-refractivity contribution in [1.29, 1.82) is 0 Å². The smallest absolute Gasteiger partial charge is 0.383 e. The summed E-state index contributed by atoms with van der Waals surface area (Å²) in [6.45, 7) is 1.93. The molecule has 4 nitrogen and oxygen atoms in total. The number of carbonyl (C=O) groups excluding carboxylic acids is 1. The largest absolute Gasteiger partial charge is 0.396 e. The third-order valence-corrected chi connectivity index (χ3v) is 3.09. The van der Waals surface area contributed by atoms with Crippen LogP contribution in [-0.4, -0.2) is 45.4 Å². The summed E-state index contributed by atoms with van der Waals surface area (Å²) in [7, 11) is 1.57. The van der Waals surface area contributed by atoms with E-state index in [-0.39, 0.29) is 12.1 Å². The summed E-state index contributed by atoms with van der Waals surface area (Å²) in [4.78, 5) is 11.7. The lowest BCUT2D eigenvalue weighted by atomic mass is 9.95. The zero-order chi connectivity index (χ0) is 16.4. The Balaban J connectivity index is 2.45. The molecule has 0 aliphatic heterocycles. The number of nitrogens with one attached hydrogen (secondary N) is 2. The molecular formula is C15H21F3N2O2. The molecule has 124 valence electrons. The Kier molecular flexibility index (Phi) is 7.90. The molecule has 0 fully saturated rings. The standard InChI is InChI=1S/C15H21F3N2O2/c1-22-10-9-19-7-8-20-14(21)11-13(15(16,17)18)12-5-3-2-4-6-12/h2-6,13,19H,7-11H2,1H3,(H,20,21). The van der Waals surface area contributed by atoms with E-state index in [1.807, 2.05) is 0 Å². The van der Waals surface area contributed by atoms with Gasteiger partial charge in [-0.1, -0.05) is 30.3 Å². The average molecular weight is 318 g/mol. The summed E-state index contributed by atoms with van der Waals surface area (Å²) in [5.41, 5.74) is 0.100. The molecule has 22 heavy (non-hydrogen) atoms. The Hall–Kier alpha value is -1.60. The van der Waals surface area contributed by atoms with Crippen LogP contribution in [-0.2, 0) is 9.53 Å². The molecule has 0 spiro atoms. The maximum Gasteiger partial charge on any atom is 0.396 e. The summed E-state index contributed by atoms with van der Waals surface area (Å²) in [6, 6.07) is 7.48. The molecule has 1 atom stereocenters. The first-order valence-corrected chi connectivity index (χ1v) is 7.03. The summed E-state index contributed by atoms with van der Waals surface area (Å²) in [5.74, 6) is -2.39. The Morgan fingerprint density at radius 2 is 1.86 bits per heavy atom. The molecule has 0 aliphatic carbocycles. The average Bonchev–Trinajstić information content (AvgIpc) is 2.48. The number of carbonyl (C=O) groups is 1. The third-order valence-electron chi connectivity index (χ3n) is 3.09. The molecule has 1 unspecified atom stereocenters. The van der Waals surface area contributed by atoms with Crippen LogP contribution < -0.4 is 10.6 Å². The molecule has 7 heteroatoms. The SMILES string of the molecule is COCCNCCNC(=O)CC(c1ccccc1)C(F)(F)F. The van der Waals surface area contributed by atoms with Gasteiger partial charge in [-0.3, -0.25) is 4.79 Å². The van der Waals surface area contributed by atoms with Crippen LogP contribution in [0, 0.1) is 0 Å². The van der Waals surface area contributed by atoms with Crippen molar-refractivity contribution in [1.82, 2.24) is 10.6 Å². The topological polar surface area (TPSA) is 50.4 Å². The molecule has 0 radical (unpaired) electrons. The lowest BCUT2D eigenvalue weighted by Gasteiger charge is -2.20. The first kappa shape index (κ1) is 18.4. The molecule has 0 bridgehead atoms. The summed E-state index contributed by atoms with van der Waals surface area (Å²) < 4.78 is 44.1. The number of benzene rings is 1. The van der Waals surface area contributed by atoms with Crippen LogP contribution in [0.15, 0.2) is 30.3 Å². The predicted molar refractivity (Wildman–Crippen MR) is 77.6 cm³/mol. The Labute approximate surface area is 128 Å². The molecule has 1 rings (SSSR count). The molecule has 0 saturated carbocycles. The number of ether oxygens (including phenoxy) is 1. The molecule has 1 aromatic rings. The van der Waals surface area contributed by atoms with Crippen LogP contribution in [0.4, 0.5) is 13.2 Å². The zero-order valence-corrected chi connectivity index (χ0v) is 12.5. The van der Waals surface area contributed by atoms with E-state index < -0.39 is 24.4 Å². The second-order valence-electron chi connectivity index (χ2n) is 4.80.